The fourth-order valence-electron chi connectivity index (χ4n) is 2.32. The zero-order chi connectivity index (χ0) is 17.1. The lowest BCUT2D eigenvalue weighted by Crippen LogP contribution is -2.20. The van der Waals surface area contributed by atoms with Crippen molar-refractivity contribution in [3.63, 3.8) is 0 Å². The zero-order valence-electron chi connectivity index (χ0n) is 13.4. The molecule has 122 valence electrons. The molecule has 0 amide bonds. The summed E-state index contributed by atoms with van der Waals surface area (Å²) in [6.07, 6.45) is 0. The molecule has 0 saturated heterocycles. The van der Waals surface area contributed by atoms with Crippen LogP contribution >= 0.6 is 11.8 Å². The summed E-state index contributed by atoms with van der Waals surface area (Å²) in [7, 11) is 3.25. The molecule has 0 radical (unpaired) electrons. The van der Waals surface area contributed by atoms with Gasteiger partial charge in [-0.15, -0.1) is 0 Å². The molecule has 0 bridgehead atoms. The largest absolute Gasteiger partial charge is 0.497 e. The number of ketones is 1. The van der Waals surface area contributed by atoms with E-state index >= 15 is 0 Å². The van der Waals surface area contributed by atoms with Gasteiger partial charge in [-0.1, -0.05) is 23.9 Å². The van der Waals surface area contributed by atoms with E-state index in [1.807, 2.05) is 12.1 Å². The van der Waals surface area contributed by atoms with Gasteiger partial charge in [-0.05, 0) is 36.4 Å². The normalized spacial score (nSPS) is 10.8. The molecule has 0 spiro atoms. The highest BCUT2D eigenvalue weighted by Crippen LogP contribution is 2.19. The summed E-state index contributed by atoms with van der Waals surface area (Å²) in [5, 5.41) is 1.10. The Morgan fingerprint density at radius 1 is 1.17 bits per heavy atom. The van der Waals surface area contributed by atoms with Gasteiger partial charge in [0.05, 0.1) is 23.8 Å². The van der Waals surface area contributed by atoms with Crippen LogP contribution in [0, 0.1) is 0 Å². The molecule has 0 N–H and O–H groups in total. The number of carbonyl (C=O) groups is 1. The number of rotatable bonds is 5. The molecule has 5 nitrogen and oxygen atoms in total. The van der Waals surface area contributed by atoms with Gasteiger partial charge in [0, 0.05) is 12.6 Å². The monoisotopic (exact) mass is 340 g/mol. The number of Topliss-reactive ketones (excluding diaryl/α,β-unsaturated/α-hetero) is 1. The van der Waals surface area contributed by atoms with E-state index < -0.39 is 0 Å². The molecule has 0 aliphatic rings. The first kappa shape index (κ1) is 16.3. The van der Waals surface area contributed by atoms with Crippen molar-refractivity contribution in [3.8, 4) is 5.75 Å². The van der Waals surface area contributed by atoms with Crippen molar-refractivity contribution in [1.29, 1.82) is 0 Å². The smallest absolute Gasteiger partial charge is 0.261 e. The van der Waals surface area contributed by atoms with Crippen LogP contribution in [0.25, 0.3) is 10.9 Å². The number of para-hydroxylation sites is 1. The highest BCUT2D eigenvalue weighted by molar-refractivity contribution is 7.99. The maximum Gasteiger partial charge on any atom is 0.261 e. The molecule has 0 atom stereocenters. The van der Waals surface area contributed by atoms with E-state index in [4.69, 9.17) is 4.74 Å². The molecule has 6 heteroatoms. The summed E-state index contributed by atoms with van der Waals surface area (Å²) < 4.78 is 6.56. The zero-order valence-corrected chi connectivity index (χ0v) is 14.2. The highest BCUT2D eigenvalue weighted by atomic mass is 32.2. The van der Waals surface area contributed by atoms with Crippen molar-refractivity contribution in [3.05, 3.63) is 64.4 Å². The molecule has 0 saturated carbocycles. The number of carbonyl (C=O) groups excluding carboxylic acids is 1. The van der Waals surface area contributed by atoms with E-state index in [0.29, 0.717) is 27.4 Å². The Morgan fingerprint density at radius 2 is 1.88 bits per heavy atom. The van der Waals surface area contributed by atoms with Gasteiger partial charge in [0.15, 0.2) is 10.9 Å². The van der Waals surface area contributed by atoms with E-state index in [1.165, 1.54) is 16.3 Å². The Balaban J connectivity index is 1.81. The van der Waals surface area contributed by atoms with Crippen LogP contribution in [0.4, 0.5) is 0 Å². The lowest BCUT2D eigenvalue weighted by atomic mass is 10.1. The maximum absolute atomic E-state index is 12.3. The third kappa shape index (κ3) is 3.19. The minimum atomic E-state index is -0.111. The van der Waals surface area contributed by atoms with Crippen LogP contribution in [-0.4, -0.2) is 28.2 Å². The van der Waals surface area contributed by atoms with Gasteiger partial charge < -0.3 is 4.74 Å². The number of thioether (sulfide) groups is 1. The Labute approximate surface area is 143 Å². The van der Waals surface area contributed by atoms with E-state index in [2.05, 4.69) is 4.98 Å². The van der Waals surface area contributed by atoms with Gasteiger partial charge in [0.2, 0.25) is 0 Å². The topological polar surface area (TPSA) is 61.2 Å². The number of hydrogen-bond acceptors (Lipinski definition) is 5. The molecule has 1 aromatic heterocycles. The second kappa shape index (κ2) is 6.88. The summed E-state index contributed by atoms with van der Waals surface area (Å²) >= 11 is 1.26. The van der Waals surface area contributed by atoms with Crippen LogP contribution in [-0.2, 0) is 7.05 Å². The summed E-state index contributed by atoms with van der Waals surface area (Å²) in [6.45, 7) is 0. The van der Waals surface area contributed by atoms with Crippen LogP contribution in [0.3, 0.4) is 0 Å². The average Bonchev–Trinajstić information content (AvgIpc) is 2.63. The molecule has 1 heterocycles. The molecular formula is C18H16N2O3S. The summed E-state index contributed by atoms with van der Waals surface area (Å²) in [4.78, 5) is 29.1. The molecule has 0 aliphatic heterocycles. The predicted molar refractivity (Wildman–Crippen MR) is 95.0 cm³/mol. The van der Waals surface area contributed by atoms with E-state index in [1.54, 1.807) is 50.6 Å². The average molecular weight is 340 g/mol. The van der Waals surface area contributed by atoms with Gasteiger partial charge in [0.25, 0.3) is 5.56 Å². The Kier molecular flexibility index (Phi) is 4.66. The molecule has 0 unspecified atom stereocenters. The molecule has 3 rings (SSSR count). The number of ether oxygens (including phenoxy) is 1. The van der Waals surface area contributed by atoms with Crippen molar-refractivity contribution in [2.45, 2.75) is 5.16 Å². The first-order chi connectivity index (χ1) is 11.6. The van der Waals surface area contributed by atoms with Crippen LogP contribution in [0.2, 0.25) is 0 Å². The summed E-state index contributed by atoms with van der Waals surface area (Å²) in [6, 6.07) is 14.2. The number of aromatic nitrogens is 2. The van der Waals surface area contributed by atoms with Gasteiger partial charge in [-0.2, -0.15) is 0 Å². The van der Waals surface area contributed by atoms with Crippen molar-refractivity contribution in [1.82, 2.24) is 9.55 Å². The molecule has 0 fully saturated rings. The number of hydrogen-bond donors (Lipinski definition) is 0. The van der Waals surface area contributed by atoms with E-state index in [0.717, 1.165) is 0 Å². The lowest BCUT2D eigenvalue weighted by Gasteiger charge is -2.08. The minimum Gasteiger partial charge on any atom is -0.497 e. The van der Waals surface area contributed by atoms with Crippen LogP contribution < -0.4 is 10.3 Å². The quantitative estimate of drug-likeness (QED) is 0.406. The highest BCUT2D eigenvalue weighted by Gasteiger charge is 2.12. The molecular weight excluding hydrogens is 324 g/mol. The molecule has 2 aromatic carbocycles. The van der Waals surface area contributed by atoms with Gasteiger partial charge in [0.1, 0.15) is 5.75 Å². The number of benzene rings is 2. The number of methoxy groups -OCH3 is 1. The Hall–Kier alpha value is -2.60. The van der Waals surface area contributed by atoms with Crippen LogP contribution in [0.1, 0.15) is 10.4 Å². The third-order valence-corrected chi connectivity index (χ3v) is 4.72. The van der Waals surface area contributed by atoms with Crippen LogP contribution in [0.15, 0.2) is 58.5 Å². The first-order valence-corrected chi connectivity index (χ1v) is 8.34. The van der Waals surface area contributed by atoms with Crippen molar-refractivity contribution >= 4 is 28.4 Å². The number of nitrogens with zero attached hydrogens (tertiary/aromatic N) is 2. The Morgan fingerprint density at radius 3 is 2.58 bits per heavy atom. The standard InChI is InChI=1S/C18H16N2O3S/c1-20-17(22)14-5-3-4-6-15(14)19-18(20)24-11-16(21)12-7-9-13(23-2)10-8-12/h3-10H,11H2,1-2H3. The van der Waals surface area contributed by atoms with Gasteiger partial charge in [-0.25, -0.2) is 4.98 Å². The molecule has 24 heavy (non-hydrogen) atoms. The van der Waals surface area contributed by atoms with Crippen molar-refractivity contribution < 1.29 is 9.53 Å². The summed E-state index contributed by atoms with van der Waals surface area (Å²) in [5.74, 6) is 0.896. The molecule has 3 aromatic rings. The van der Waals surface area contributed by atoms with Gasteiger partial charge >= 0.3 is 0 Å². The number of fused-ring (bicyclic) bond motifs is 1. The third-order valence-electron chi connectivity index (χ3n) is 3.69. The first-order valence-electron chi connectivity index (χ1n) is 7.36. The van der Waals surface area contributed by atoms with Gasteiger partial charge in [-0.3, -0.25) is 14.2 Å². The lowest BCUT2D eigenvalue weighted by molar-refractivity contribution is 0.102. The predicted octanol–water partition coefficient (Wildman–Crippen LogP) is 2.92. The fourth-order valence-corrected chi connectivity index (χ4v) is 3.18. The summed E-state index contributed by atoms with van der Waals surface area (Å²) in [5.41, 5.74) is 1.13. The molecule has 0 aliphatic carbocycles. The fraction of sp³-hybridized carbons (Fsp3) is 0.167. The van der Waals surface area contributed by atoms with E-state index in [9.17, 15) is 9.59 Å². The minimum absolute atomic E-state index is 0.0231. The maximum atomic E-state index is 12.3. The van der Waals surface area contributed by atoms with Crippen molar-refractivity contribution in [2.24, 2.45) is 7.05 Å². The van der Waals surface area contributed by atoms with Crippen LogP contribution in [0.5, 0.6) is 5.75 Å². The van der Waals surface area contributed by atoms with E-state index in [-0.39, 0.29) is 17.1 Å². The Bertz CT molecular complexity index is 949. The second-order valence-electron chi connectivity index (χ2n) is 5.22. The second-order valence-corrected chi connectivity index (χ2v) is 6.16. The SMILES string of the molecule is COc1ccc(C(=O)CSc2nc3ccccc3c(=O)n2C)cc1. The van der Waals surface area contributed by atoms with Crippen molar-refractivity contribution in [2.75, 3.05) is 12.9 Å².